The molecule has 4 rings (SSSR count). The van der Waals surface area contributed by atoms with Gasteiger partial charge in [0, 0.05) is 17.8 Å². The summed E-state index contributed by atoms with van der Waals surface area (Å²) in [6.45, 7) is 9.47. The Hall–Kier alpha value is -3.43. The number of rotatable bonds is 7. The molecule has 1 unspecified atom stereocenters. The average Bonchev–Trinajstić information content (AvgIpc) is 3.18. The van der Waals surface area contributed by atoms with Crippen molar-refractivity contribution < 1.29 is 18.3 Å². The number of hydrogen-bond donors (Lipinski definition) is 1. The van der Waals surface area contributed by atoms with Gasteiger partial charge in [0.25, 0.3) is 10.0 Å². The fourth-order valence-electron chi connectivity index (χ4n) is 4.47. The van der Waals surface area contributed by atoms with E-state index < -0.39 is 22.2 Å². The van der Waals surface area contributed by atoms with E-state index in [-0.39, 0.29) is 23.7 Å². The molecule has 0 radical (unpaired) electrons. The first-order valence-corrected chi connectivity index (χ1v) is 13.3. The maximum Gasteiger partial charge on any atom is 0.421 e. The van der Waals surface area contributed by atoms with Crippen LogP contribution in [-0.4, -0.2) is 44.5 Å². The van der Waals surface area contributed by atoms with Crippen LogP contribution in [0.1, 0.15) is 42.1 Å². The van der Waals surface area contributed by atoms with Crippen LogP contribution in [0.2, 0.25) is 0 Å². The molecule has 0 aliphatic heterocycles. The number of carboxylic acid groups (broad SMARTS) is 1. The molecule has 0 saturated heterocycles. The van der Waals surface area contributed by atoms with Crippen molar-refractivity contribution in [3.63, 3.8) is 0 Å². The van der Waals surface area contributed by atoms with Gasteiger partial charge in [-0.1, -0.05) is 36.8 Å². The number of nitrogens with zero attached hydrogens (tertiary/aromatic N) is 4. The van der Waals surface area contributed by atoms with Crippen molar-refractivity contribution in [1.29, 1.82) is 0 Å². The number of amides is 1. The number of carbonyl (C=O) groups is 1. The summed E-state index contributed by atoms with van der Waals surface area (Å²) in [4.78, 5) is 21.5. The highest BCUT2D eigenvalue weighted by molar-refractivity contribution is 7.89. The average molecular weight is 543 g/mol. The molecular formula is C27H31ClN4O4S. The minimum atomic E-state index is -4.21. The third-order valence-electron chi connectivity index (χ3n) is 6.21. The van der Waals surface area contributed by atoms with Crippen molar-refractivity contribution in [3.8, 4) is 5.69 Å². The first-order chi connectivity index (χ1) is 17.0. The number of pyridine rings is 1. The predicted molar refractivity (Wildman–Crippen MR) is 146 cm³/mol. The second-order valence-corrected chi connectivity index (χ2v) is 10.9. The normalized spacial score (nSPS) is 12.2. The Morgan fingerprint density at radius 2 is 1.65 bits per heavy atom. The van der Waals surface area contributed by atoms with Gasteiger partial charge in [-0.2, -0.15) is 4.31 Å². The SMILES string of the molecule is CCc1nc2c(C)cc(C)nc2n1-c1ccc(CC(C)N(C(=O)O)S(=O)(=O)c2ccc(C)cc2)cc1.Cl. The van der Waals surface area contributed by atoms with Crippen LogP contribution in [0.5, 0.6) is 0 Å². The number of fused-ring (bicyclic) bond motifs is 1. The number of hydrogen-bond acceptors (Lipinski definition) is 5. The van der Waals surface area contributed by atoms with Gasteiger partial charge in [0.15, 0.2) is 5.65 Å². The van der Waals surface area contributed by atoms with Gasteiger partial charge in [-0.15, -0.1) is 12.4 Å². The molecule has 0 saturated carbocycles. The molecular weight excluding hydrogens is 512 g/mol. The zero-order valence-corrected chi connectivity index (χ0v) is 23.1. The summed E-state index contributed by atoms with van der Waals surface area (Å²) in [7, 11) is -4.21. The Kier molecular flexibility index (Phi) is 8.29. The van der Waals surface area contributed by atoms with E-state index >= 15 is 0 Å². The maximum atomic E-state index is 13.1. The second-order valence-electron chi connectivity index (χ2n) is 9.09. The van der Waals surface area contributed by atoms with Gasteiger partial charge < -0.3 is 5.11 Å². The Bertz CT molecular complexity index is 1530. The van der Waals surface area contributed by atoms with Crippen molar-refractivity contribution in [3.05, 3.63) is 82.8 Å². The fraction of sp³-hybridized carbons (Fsp3) is 0.296. The predicted octanol–water partition coefficient (Wildman–Crippen LogP) is 5.63. The molecule has 37 heavy (non-hydrogen) atoms. The first kappa shape index (κ1) is 28.1. The summed E-state index contributed by atoms with van der Waals surface area (Å²) in [6, 6.07) is 15.0. The van der Waals surface area contributed by atoms with Crippen LogP contribution in [0.25, 0.3) is 16.9 Å². The summed E-state index contributed by atoms with van der Waals surface area (Å²) < 4.78 is 28.8. The van der Waals surface area contributed by atoms with Crippen molar-refractivity contribution in [1.82, 2.24) is 18.8 Å². The van der Waals surface area contributed by atoms with Crippen LogP contribution in [-0.2, 0) is 22.9 Å². The molecule has 1 N–H and O–H groups in total. The van der Waals surface area contributed by atoms with E-state index in [1.54, 1.807) is 19.1 Å². The molecule has 0 aliphatic rings. The first-order valence-electron chi connectivity index (χ1n) is 11.8. The Morgan fingerprint density at radius 3 is 2.22 bits per heavy atom. The lowest BCUT2D eigenvalue weighted by Crippen LogP contribution is -2.43. The van der Waals surface area contributed by atoms with E-state index in [1.807, 2.05) is 62.6 Å². The molecule has 0 aliphatic carbocycles. The topological polar surface area (TPSA) is 105 Å². The highest BCUT2D eigenvalue weighted by Crippen LogP contribution is 2.25. The zero-order valence-electron chi connectivity index (χ0n) is 21.5. The molecule has 8 nitrogen and oxygen atoms in total. The van der Waals surface area contributed by atoms with Gasteiger partial charge in [0.05, 0.1) is 10.9 Å². The Balaban J connectivity index is 0.00000380. The van der Waals surface area contributed by atoms with Crippen molar-refractivity contribution in [2.75, 3.05) is 0 Å². The van der Waals surface area contributed by atoms with Gasteiger partial charge in [-0.05, 0) is 75.6 Å². The van der Waals surface area contributed by atoms with Gasteiger partial charge in [0.1, 0.15) is 11.3 Å². The van der Waals surface area contributed by atoms with E-state index in [1.165, 1.54) is 12.1 Å². The molecule has 10 heteroatoms. The summed E-state index contributed by atoms with van der Waals surface area (Å²) in [5.74, 6) is 0.897. The molecule has 2 aromatic heterocycles. The van der Waals surface area contributed by atoms with Crippen LogP contribution < -0.4 is 0 Å². The molecule has 0 bridgehead atoms. The highest BCUT2D eigenvalue weighted by Gasteiger charge is 2.33. The molecule has 0 fully saturated rings. The van der Waals surface area contributed by atoms with Crippen molar-refractivity contribution in [2.24, 2.45) is 0 Å². The van der Waals surface area contributed by atoms with Crippen molar-refractivity contribution in [2.45, 2.75) is 58.4 Å². The van der Waals surface area contributed by atoms with Crippen LogP contribution >= 0.6 is 12.4 Å². The lowest BCUT2D eigenvalue weighted by Gasteiger charge is -2.26. The zero-order chi connectivity index (χ0) is 26.2. The van der Waals surface area contributed by atoms with Gasteiger partial charge in [-0.3, -0.25) is 4.57 Å². The standard InChI is InChI=1S/C27H30N4O4S.ClH/c1-6-24-29-25-18(3)15-19(4)28-26(25)30(24)22-11-9-21(10-12-22)16-20(5)31(27(32)33)36(34,35)23-13-7-17(2)8-14-23;/h7-15,20H,6,16H2,1-5H3,(H,32,33);1H. The van der Waals surface area contributed by atoms with E-state index in [0.29, 0.717) is 4.31 Å². The highest BCUT2D eigenvalue weighted by atomic mass is 35.5. The number of halogens is 1. The molecule has 4 aromatic rings. The van der Waals surface area contributed by atoms with E-state index in [0.717, 1.165) is 51.5 Å². The molecule has 1 atom stereocenters. The fourth-order valence-corrected chi connectivity index (χ4v) is 5.93. The molecule has 2 heterocycles. The van der Waals surface area contributed by atoms with Gasteiger partial charge >= 0.3 is 6.09 Å². The quantitative estimate of drug-likeness (QED) is 0.324. The molecule has 196 valence electrons. The summed E-state index contributed by atoms with van der Waals surface area (Å²) >= 11 is 0. The molecule has 0 spiro atoms. The summed E-state index contributed by atoms with van der Waals surface area (Å²) in [6.07, 6.45) is -0.536. The van der Waals surface area contributed by atoms with E-state index in [4.69, 9.17) is 9.97 Å². The third kappa shape index (κ3) is 5.47. The lowest BCUT2D eigenvalue weighted by atomic mass is 10.1. The molecule has 1 amide bonds. The number of sulfonamides is 1. The van der Waals surface area contributed by atoms with Crippen LogP contribution in [0.3, 0.4) is 0 Å². The van der Waals surface area contributed by atoms with Crippen LogP contribution in [0, 0.1) is 20.8 Å². The minimum Gasteiger partial charge on any atom is -0.464 e. The maximum absolute atomic E-state index is 13.1. The summed E-state index contributed by atoms with van der Waals surface area (Å²) in [5.41, 5.74) is 6.25. The third-order valence-corrected chi connectivity index (χ3v) is 8.11. The van der Waals surface area contributed by atoms with E-state index in [2.05, 4.69) is 0 Å². The Morgan fingerprint density at radius 1 is 1.03 bits per heavy atom. The van der Waals surface area contributed by atoms with Gasteiger partial charge in [0.2, 0.25) is 0 Å². The number of aromatic nitrogens is 3. The largest absolute Gasteiger partial charge is 0.464 e. The van der Waals surface area contributed by atoms with Crippen LogP contribution in [0.4, 0.5) is 4.79 Å². The number of imidazole rings is 1. The Labute approximate surface area is 223 Å². The summed E-state index contributed by atoms with van der Waals surface area (Å²) in [5, 5.41) is 9.77. The smallest absolute Gasteiger partial charge is 0.421 e. The number of benzene rings is 2. The van der Waals surface area contributed by atoms with Crippen LogP contribution in [0.15, 0.2) is 59.5 Å². The number of aryl methyl sites for hydroxylation is 4. The lowest BCUT2D eigenvalue weighted by molar-refractivity contribution is 0.162. The van der Waals surface area contributed by atoms with Crippen molar-refractivity contribution >= 4 is 39.7 Å². The van der Waals surface area contributed by atoms with Gasteiger partial charge in [-0.25, -0.2) is 23.2 Å². The van der Waals surface area contributed by atoms with E-state index in [9.17, 15) is 18.3 Å². The monoisotopic (exact) mass is 542 g/mol. The minimum absolute atomic E-state index is 0. The second kappa shape index (κ2) is 10.9. The molecule has 2 aromatic carbocycles.